The molecule has 76 valence electrons. The smallest absolute Gasteiger partial charge is 0.161 e. The van der Waals surface area contributed by atoms with Crippen LogP contribution in [0.5, 0.6) is 5.75 Å². The van der Waals surface area contributed by atoms with Crippen LogP contribution in [-0.4, -0.2) is 23.4 Å². The number of nitrogens with one attached hydrogen (secondary N) is 1. The number of aryl methyl sites for hydroxylation is 1. The van der Waals surface area contributed by atoms with Gasteiger partial charge in [0.2, 0.25) is 0 Å². The van der Waals surface area contributed by atoms with Gasteiger partial charge in [0.1, 0.15) is 5.69 Å². The maximum atomic E-state index is 5.28. The molecule has 4 nitrogen and oxygen atoms in total. The molecule has 1 aliphatic rings. The van der Waals surface area contributed by atoms with Gasteiger partial charge in [0.15, 0.2) is 5.75 Å². The molecule has 1 N–H and O–H groups in total. The number of ether oxygens (including phenoxy) is 1. The SMILES string of the molecule is CCn1ncc(OC)c1C1C=CCN1. The number of nitrogens with zero attached hydrogens (tertiary/aromatic N) is 2. The molecule has 0 amide bonds. The fourth-order valence-electron chi connectivity index (χ4n) is 1.76. The highest BCUT2D eigenvalue weighted by molar-refractivity contribution is 5.32. The first kappa shape index (κ1) is 9.27. The van der Waals surface area contributed by atoms with Crippen LogP contribution in [0.4, 0.5) is 0 Å². The lowest BCUT2D eigenvalue weighted by Gasteiger charge is -2.12. The molecular formula is C10H15N3O. The van der Waals surface area contributed by atoms with Crippen LogP contribution in [0.1, 0.15) is 18.7 Å². The van der Waals surface area contributed by atoms with E-state index in [0.29, 0.717) is 0 Å². The Bertz CT molecular complexity index is 322. The van der Waals surface area contributed by atoms with E-state index in [1.807, 2.05) is 4.68 Å². The zero-order chi connectivity index (χ0) is 9.97. The summed E-state index contributed by atoms with van der Waals surface area (Å²) in [5.74, 6) is 0.857. The van der Waals surface area contributed by atoms with Gasteiger partial charge in [-0.25, -0.2) is 0 Å². The van der Waals surface area contributed by atoms with Crippen molar-refractivity contribution in [2.45, 2.75) is 19.5 Å². The molecule has 1 unspecified atom stereocenters. The van der Waals surface area contributed by atoms with E-state index in [-0.39, 0.29) is 6.04 Å². The summed E-state index contributed by atoms with van der Waals surface area (Å²) in [6.45, 7) is 3.86. The first-order chi connectivity index (χ1) is 6.86. The summed E-state index contributed by atoms with van der Waals surface area (Å²) >= 11 is 0. The Morgan fingerprint density at radius 3 is 3.14 bits per heavy atom. The number of methoxy groups -OCH3 is 1. The van der Waals surface area contributed by atoms with Gasteiger partial charge in [-0.15, -0.1) is 0 Å². The highest BCUT2D eigenvalue weighted by Gasteiger charge is 2.20. The second-order valence-electron chi connectivity index (χ2n) is 3.23. The third-order valence-electron chi connectivity index (χ3n) is 2.44. The van der Waals surface area contributed by atoms with Gasteiger partial charge in [0.25, 0.3) is 0 Å². The average molecular weight is 193 g/mol. The van der Waals surface area contributed by atoms with Gasteiger partial charge < -0.3 is 10.1 Å². The van der Waals surface area contributed by atoms with Crippen LogP contribution < -0.4 is 10.1 Å². The molecule has 0 aromatic carbocycles. The molecule has 0 fully saturated rings. The van der Waals surface area contributed by atoms with Crippen molar-refractivity contribution in [2.75, 3.05) is 13.7 Å². The predicted octanol–water partition coefficient (Wildman–Crippen LogP) is 1.11. The Labute approximate surface area is 83.6 Å². The number of rotatable bonds is 3. The molecule has 1 aromatic rings. The lowest BCUT2D eigenvalue weighted by Crippen LogP contribution is -2.18. The molecule has 0 saturated heterocycles. The fraction of sp³-hybridized carbons (Fsp3) is 0.500. The molecule has 0 saturated carbocycles. The topological polar surface area (TPSA) is 39.1 Å². The Morgan fingerprint density at radius 2 is 2.57 bits per heavy atom. The lowest BCUT2D eigenvalue weighted by molar-refractivity contribution is 0.402. The minimum atomic E-state index is 0.243. The number of hydrogen-bond donors (Lipinski definition) is 1. The minimum Gasteiger partial charge on any atom is -0.493 e. The minimum absolute atomic E-state index is 0.243. The fourth-order valence-corrected chi connectivity index (χ4v) is 1.76. The van der Waals surface area contributed by atoms with E-state index in [1.165, 1.54) is 0 Å². The second kappa shape index (κ2) is 3.84. The lowest BCUT2D eigenvalue weighted by atomic mass is 10.2. The van der Waals surface area contributed by atoms with E-state index >= 15 is 0 Å². The summed E-state index contributed by atoms with van der Waals surface area (Å²) in [6.07, 6.45) is 6.04. The Morgan fingerprint density at radius 1 is 1.71 bits per heavy atom. The van der Waals surface area contributed by atoms with Crippen molar-refractivity contribution < 1.29 is 4.74 Å². The Balaban J connectivity index is 2.36. The Hall–Kier alpha value is -1.29. The van der Waals surface area contributed by atoms with E-state index in [2.05, 4.69) is 29.5 Å². The van der Waals surface area contributed by atoms with Gasteiger partial charge in [-0.3, -0.25) is 4.68 Å². The summed E-state index contributed by atoms with van der Waals surface area (Å²) in [5.41, 5.74) is 1.11. The molecule has 1 aliphatic heterocycles. The predicted molar refractivity (Wildman–Crippen MR) is 54.3 cm³/mol. The van der Waals surface area contributed by atoms with Gasteiger partial charge in [0.05, 0.1) is 19.3 Å². The van der Waals surface area contributed by atoms with Crippen LogP contribution in [0.15, 0.2) is 18.3 Å². The van der Waals surface area contributed by atoms with E-state index in [1.54, 1.807) is 13.3 Å². The largest absolute Gasteiger partial charge is 0.493 e. The van der Waals surface area contributed by atoms with E-state index < -0.39 is 0 Å². The molecule has 14 heavy (non-hydrogen) atoms. The van der Waals surface area contributed by atoms with Gasteiger partial charge >= 0.3 is 0 Å². The van der Waals surface area contributed by atoms with Crippen LogP contribution in [0.3, 0.4) is 0 Å². The first-order valence-corrected chi connectivity index (χ1v) is 4.86. The van der Waals surface area contributed by atoms with Crippen LogP contribution in [0.2, 0.25) is 0 Å². The molecule has 1 aromatic heterocycles. The highest BCUT2D eigenvalue weighted by Crippen LogP contribution is 2.27. The standard InChI is InChI=1S/C10H15N3O/c1-3-13-10(8-5-4-6-11-8)9(14-2)7-12-13/h4-5,7-8,11H,3,6H2,1-2H3. The molecule has 1 atom stereocenters. The third kappa shape index (κ3) is 1.42. The molecule has 0 spiro atoms. The number of hydrogen-bond acceptors (Lipinski definition) is 3. The van der Waals surface area contributed by atoms with Crippen LogP contribution in [-0.2, 0) is 6.54 Å². The zero-order valence-electron chi connectivity index (χ0n) is 8.53. The highest BCUT2D eigenvalue weighted by atomic mass is 16.5. The van der Waals surface area contributed by atoms with E-state index in [0.717, 1.165) is 24.5 Å². The maximum Gasteiger partial charge on any atom is 0.161 e. The van der Waals surface area contributed by atoms with Gasteiger partial charge in [-0.1, -0.05) is 12.2 Å². The Kier molecular flexibility index (Phi) is 2.54. The summed E-state index contributed by atoms with van der Waals surface area (Å²) in [5, 5.41) is 7.62. The number of aromatic nitrogens is 2. The van der Waals surface area contributed by atoms with Crippen molar-refractivity contribution in [3.05, 3.63) is 24.0 Å². The van der Waals surface area contributed by atoms with Gasteiger partial charge in [-0.05, 0) is 6.92 Å². The summed E-state index contributed by atoms with van der Waals surface area (Å²) in [4.78, 5) is 0. The van der Waals surface area contributed by atoms with Crippen molar-refractivity contribution in [3.8, 4) is 5.75 Å². The molecule has 2 rings (SSSR count). The second-order valence-corrected chi connectivity index (χ2v) is 3.23. The quantitative estimate of drug-likeness (QED) is 0.731. The molecular weight excluding hydrogens is 178 g/mol. The third-order valence-corrected chi connectivity index (χ3v) is 2.44. The summed E-state index contributed by atoms with van der Waals surface area (Å²) < 4.78 is 7.25. The first-order valence-electron chi connectivity index (χ1n) is 4.86. The van der Waals surface area contributed by atoms with Crippen molar-refractivity contribution in [2.24, 2.45) is 0 Å². The van der Waals surface area contributed by atoms with Crippen LogP contribution in [0, 0.1) is 0 Å². The van der Waals surface area contributed by atoms with Crippen LogP contribution >= 0.6 is 0 Å². The van der Waals surface area contributed by atoms with Gasteiger partial charge in [0, 0.05) is 13.1 Å². The molecule has 0 aliphatic carbocycles. The van der Waals surface area contributed by atoms with Gasteiger partial charge in [-0.2, -0.15) is 5.10 Å². The summed E-state index contributed by atoms with van der Waals surface area (Å²) in [7, 11) is 1.68. The van der Waals surface area contributed by atoms with E-state index in [4.69, 9.17) is 4.74 Å². The molecule has 0 radical (unpaired) electrons. The molecule has 4 heteroatoms. The van der Waals surface area contributed by atoms with Crippen molar-refractivity contribution in [1.29, 1.82) is 0 Å². The van der Waals surface area contributed by atoms with Crippen molar-refractivity contribution in [1.82, 2.24) is 15.1 Å². The maximum absolute atomic E-state index is 5.28. The normalized spacial score (nSPS) is 20.3. The molecule has 0 bridgehead atoms. The van der Waals surface area contributed by atoms with Crippen molar-refractivity contribution in [3.63, 3.8) is 0 Å². The van der Waals surface area contributed by atoms with Crippen LogP contribution in [0.25, 0.3) is 0 Å². The molecule has 2 heterocycles. The average Bonchev–Trinajstić information content (AvgIpc) is 2.85. The summed E-state index contributed by atoms with van der Waals surface area (Å²) in [6, 6.07) is 0.243. The van der Waals surface area contributed by atoms with E-state index in [9.17, 15) is 0 Å². The monoisotopic (exact) mass is 193 g/mol. The zero-order valence-corrected chi connectivity index (χ0v) is 8.53. The van der Waals surface area contributed by atoms with Crippen molar-refractivity contribution >= 4 is 0 Å².